The number of unbranched alkanes of at least 4 members (excludes halogenated alkanes) is 2. The van der Waals surface area contributed by atoms with E-state index >= 15 is 0 Å². The highest BCUT2D eigenvalue weighted by molar-refractivity contribution is 5.40. The molecule has 0 amide bonds. The van der Waals surface area contributed by atoms with Crippen LogP contribution in [0.3, 0.4) is 0 Å². The molecule has 90 valence electrons. The molecule has 0 radical (unpaired) electrons. The minimum atomic E-state index is 0.357. The van der Waals surface area contributed by atoms with Crippen LogP contribution in [0, 0.1) is 0 Å². The molecule has 0 aromatic carbocycles. The fourth-order valence-electron chi connectivity index (χ4n) is 1.58. The molecule has 0 atom stereocenters. The van der Waals surface area contributed by atoms with E-state index in [1.807, 2.05) is 6.07 Å². The van der Waals surface area contributed by atoms with E-state index in [4.69, 9.17) is 5.73 Å². The summed E-state index contributed by atoms with van der Waals surface area (Å²) in [6, 6.07) is 1.93. The van der Waals surface area contributed by atoms with Gasteiger partial charge in [-0.3, -0.25) is 0 Å². The zero-order chi connectivity index (χ0) is 11.8. The monoisotopic (exact) mass is 222 g/mol. The van der Waals surface area contributed by atoms with Crippen LogP contribution in [0.5, 0.6) is 0 Å². The van der Waals surface area contributed by atoms with E-state index in [0.717, 1.165) is 18.9 Å². The third-order valence-electron chi connectivity index (χ3n) is 2.55. The van der Waals surface area contributed by atoms with Crippen molar-refractivity contribution < 1.29 is 0 Å². The Balaban J connectivity index is 2.66. The van der Waals surface area contributed by atoms with Gasteiger partial charge in [0, 0.05) is 19.3 Å². The van der Waals surface area contributed by atoms with E-state index in [9.17, 15) is 0 Å². The maximum Gasteiger partial charge on any atom is 0.221 e. The number of nitrogens with zero attached hydrogens (tertiary/aromatic N) is 3. The van der Waals surface area contributed by atoms with E-state index in [2.05, 4.69) is 28.7 Å². The maximum atomic E-state index is 5.60. The van der Waals surface area contributed by atoms with Crippen molar-refractivity contribution in [2.75, 3.05) is 23.7 Å². The summed E-state index contributed by atoms with van der Waals surface area (Å²) < 4.78 is 0. The van der Waals surface area contributed by atoms with Gasteiger partial charge >= 0.3 is 0 Å². The van der Waals surface area contributed by atoms with Crippen molar-refractivity contribution in [3.05, 3.63) is 12.3 Å². The van der Waals surface area contributed by atoms with Gasteiger partial charge in [-0.1, -0.05) is 26.7 Å². The van der Waals surface area contributed by atoms with Crippen molar-refractivity contribution in [3.63, 3.8) is 0 Å². The molecule has 0 saturated carbocycles. The molecular weight excluding hydrogens is 200 g/mol. The largest absolute Gasteiger partial charge is 0.368 e. The van der Waals surface area contributed by atoms with Crippen molar-refractivity contribution >= 4 is 11.8 Å². The van der Waals surface area contributed by atoms with Crippen molar-refractivity contribution in [2.45, 2.75) is 39.5 Å². The molecular formula is C12H22N4. The molecule has 4 nitrogen and oxygen atoms in total. The quantitative estimate of drug-likeness (QED) is 0.770. The molecule has 0 fully saturated rings. The molecule has 0 bridgehead atoms. The molecule has 0 saturated heterocycles. The average molecular weight is 222 g/mol. The number of hydrogen-bond acceptors (Lipinski definition) is 4. The summed E-state index contributed by atoms with van der Waals surface area (Å²) in [6.07, 6.45) is 6.50. The Bertz CT molecular complexity index is 293. The molecule has 16 heavy (non-hydrogen) atoms. The van der Waals surface area contributed by atoms with Gasteiger partial charge in [-0.05, 0) is 18.9 Å². The first-order valence-electron chi connectivity index (χ1n) is 6.11. The third kappa shape index (κ3) is 4.04. The van der Waals surface area contributed by atoms with Crippen LogP contribution < -0.4 is 10.6 Å². The SMILES string of the molecule is CCCCN(CCCC)c1ccnc(N)n1. The van der Waals surface area contributed by atoms with E-state index in [1.54, 1.807) is 6.20 Å². The van der Waals surface area contributed by atoms with E-state index < -0.39 is 0 Å². The smallest absolute Gasteiger partial charge is 0.221 e. The summed E-state index contributed by atoms with van der Waals surface area (Å²) in [5, 5.41) is 0. The van der Waals surface area contributed by atoms with Crippen LogP contribution >= 0.6 is 0 Å². The van der Waals surface area contributed by atoms with Crippen LogP contribution in [0.2, 0.25) is 0 Å². The Morgan fingerprint density at radius 2 is 1.81 bits per heavy atom. The maximum absolute atomic E-state index is 5.60. The van der Waals surface area contributed by atoms with Gasteiger partial charge in [-0.2, -0.15) is 4.98 Å². The Labute approximate surface area is 97.9 Å². The standard InChI is InChI=1S/C12H22N4/c1-3-5-9-16(10-6-4-2)11-7-8-14-12(13)15-11/h7-8H,3-6,9-10H2,1-2H3,(H2,13,14,15). The highest BCUT2D eigenvalue weighted by atomic mass is 15.2. The van der Waals surface area contributed by atoms with Gasteiger partial charge in [0.25, 0.3) is 0 Å². The molecule has 1 aromatic heterocycles. The molecule has 1 aromatic rings. The lowest BCUT2D eigenvalue weighted by Gasteiger charge is -2.23. The second-order valence-corrected chi connectivity index (χ2v) is 3.97. The van der Waals surface area contributed by atoms with Crippen LogP contribution in [0.4, 0.5) is 11.8 Å². The van der Waals surface area contributed by atoms with Gasteiger partial charge in [-0.25, -0.2) is 4.98 Å². The van der Waals surface area contributed by atoms with Crippen LogP contribution in [-0.4, -0.2) is 23.1 Å². The predicted molar refractivity (Wildman–Crippen MR) is 68.5 cm³/mol. The topological polar surface area (TPSA) is 55.0 Å². The molecule has 1 rings (SSSR count). The van der Waals surface area contributed by atoms with Gasteiger partial charge in [0.2, 0.25) is 5.95 Å². The number of aromatic nitrogens is 2. The van der Waals surface area contributed by atoms with E-state index in [-0.39, 0.29) is 0 Å². The van der Waals surface area contributed by atoms with E-state index in [0.29, 0.717) is 5.95 Å². The van der Waals surface area contributed by atoms with Crippen LogP contribution in [0.15, 0.2) is 12.3 Å². The first-order chi connectivity index (χ1) is 7.77. The van der Waals surface area contributed by atoms with Gasteiger partial charge in [0.05, 0.1) is 0 Å². The summed E-state index contributed by atoms with van der Waals surface area (Å²) >= 11 is 0. The second-order valence-electron chi connectivity index (χ2n) is 3.97. The van der Waals surface area contributed by atoms with Gasteiger partial charge < -0.3 is 10.6 Å². The lowest BCUT2D eigenvalue weighted by atomic mass is 10.2. The van der Waals surface area contributed by atoms with Crippen LogP contribution in [-0.2, 0) is 0 Å². The number of hydrogen-bond donors (Lipinski definition) is 1. The van der Waals surface area contributed by atoms with Crippen LogP contribution in [0.25, 0.3) is 0 Å². The number of nitrogens with two attached hydrogens (primary N) is 1. The first-order valence-corrected chi connectivity index (χ1v) is 6.11. The molecule has 0 unspecified atom stereocenters. The Kier molecular flexibility index (Phi) is 5.61. The summed E-state index contributed by atoms with van der Waals surface area (Å²) in [4.78, 5) is 10.5. The van der Waals surface area contributed by atoms with Crippen molar-refractivity contribution in [2.24, 2.45) is 0 Å². The van der Waals surface area contributed by atoms with Gasteiger partial charge in [-0.15, -0.1) is 0 Å². The number of anilines is 2. The molecule has 0 spiro atoms. The summed E-state index contributed by atoms with van der Waals surface area (Å²) in [6.45, 7) is 6.50. The molecule has 1 heterocycles. The first kappa shape index (κ1) is 12.7. The molecule has 0 aliphatic heterocycles. The lowest BCUT2D eigenvalue weighted by molar-refractivity contribution is 0.671. The zero-order valence-corrected chi connectivity index (χ0v) is 10.3. The van der Waals surface area contributed by atoms with E-state index in [1.165, 1.54) is 25.7 Å². The average Bonchev–Trinajstić information content (AvgIpc) is 2.29. The molecule has 4 heteroatoms. The fourth-order valence-corrected chi connectivity index (χ4v) is 1.58. The van der Waals surface area contributed by atoms with Crippen molar-refractivity contribution in [1.29, 1.82) is 0 Å². The van der Waals surface area contributed by atoms with Gasteiger partial charge in [0.1, 0.15) is 5.82 Å². The summed E-state index contributed by atoms with van der Waals surface area (Å²) in [5.41, 5.74) is 5.60. The predicted octanol–water partition coefficient (Wildman–Crippen LogP) is 2.47. The summed E-state index contributed by atoms with van der Waals surface area (Å²) in [7, 11) is 0. The van der Waals surface area contributed by atoms with Crippen molar-refractivity contribution in [1.82, 2.24) is 9.97 Å². The number of rotatable bonds is 7. The fraction of sp³-hybridized carbons (Fsp3) is 0.667. The Morgan fingerprint density at radius 3 is 2.31 bits per heavy atom. The third-order valence-corrected chi connectivity index (χ3v) is 2.55. The van der Waals surface area contributed by atoms with Crippen molar-refractivity contribution in [3.8, 4) is 0 Å². The van der Waals surface area contributed by atoms with Gasteiger partial charge in [0.15, 0.2) is 0 Å². The molecule has 0 aliphatic rings. The summed E-state index contributed by atoms with van der Waals surface area (Å²) in [5.74, 6) is 1.31. The normalized spacial score (nSPS) is 10.4. The van der Waals surface area contributed by atoms with Crippen LogP contribution in [0.1, 0.15) is 39.5 Å². The molecule has 2 N–H and O–H groups in total. The highest BCUT2D eigenvalue weighted by Crippen LogP contribution is 2.12. The molecule has 0 aliphatic carbocycles. The minimum absolute atomic E-state index is 0.357. The Morgan fingerprint density at radius 1 is 1.19 bits per heavy atom. The highest BCUT2D eigenvalue weighted by Gasteiger charge is 2.07. The lowest BCUT2D eigenvalue weighted by Crippen LogP contribution is -2.26. The minimum Gasteiger partial charge on any atom is -0.368 e. The Hall–Kier alpha value is -1.32. The number of nitrogen functional groups attached to an aromatic ring is 1. The second kappa shape index (κ2) is 7.04. The zero-order valence-electron chi connectivity index (χ0n) is 10.3.